The predicted molar refractivity (Wildman–Crippen MR) is 120 cm³/mol. The number of piperidine rings is 1. The van der Waals surface area contributed by atoms with Crippen LogP contribution < -0.4 is 5.32 Å². The van der Waals surface area contributed by atoms with Crippen LogP contribution in [0.25, 0.3) is 0 Å². The summed E-state index contributed by atoms with van der Waals surface area (Å²) in [6.07, 6.45) is 4.99. The molecule has 1 aliphatic heterocycles. The van der Waals surface area contributed by atoms with Gasteiger partial charge >= 0.3 is 0 Å². The van der Waals surface area contributed by atoms with E-state index in [1.165, 1.54) is 41.3 Å². The first-order valence-corrected chi connectivity index (χ1v) is 11.7. The van der Waals surface area contributed by atoms with Crippen LogP contribution >= 0.6 is 43.5 Å². The highest BCUT2D eigenvalue weighted by Crippen LogP contribution is 2.42. The van der Waals surface area contributed by atoms with Gasteiger partial charge in [-0.15, -0.1) is 0 Å². The van der Waals surface area contributed by atoms with Crippen molar-refractivity contribution in [3.63, 3.8) is 0 Å². The van der Waals surface area contributed by atoms with Crippen LogP contribution in [0, 0.1) is 0 Å². The summed E-state index contributed by atoms with van der Waals surface area (Å²) in [5.74, 6) is 0.685. The van der Waals surface area contributed by atoms with Crippen LogP contribution in [-0.2, 0) is 6.54 Å². The third kappa shape index (κ3) is 4.79. The molecule has 2 fully saturated rings. The van der Waals surface area contributed by atoms with E-state index in [9.17, 15) is 0 Å². The molecule has 0 amide bonds. The van der Waals surface area contributed by atoms with E-state index in [0.717, 1.165) is 29.1 Å². The van der Waals surface area contributed by atoms with Crippen molar-refractivity contribution in [2.24, 2.45) is 0 Å². The van der Waals surface area contributed by atoms with Crippen molar-refractivity contribution < 1.29 is 0 Å². The molecular weight excluding hydrogens is 488 g/mol. The highest BCUT2D eigenvalue weighted by molar-refractivity contribution is 9.10. The van der Waals surface area contributed by atoms with Crippen LogP contribution in [0.5, 0.6) is 0 Å². The topological polar surface area (TPSA) is 15.3 Å². The molecule has 2 aliphatic rings. The Kier molecular flexibility index (Phi) is 6.60. The molecule has 144 valence electrons. The Labute approximate surface area is 183 Å². The average Bonchev–Trinajstić information content (AvgIpc) is 2.63. The van der Waals surface area contributed by atoms with Crippen LogP contribution in [0.3, 0.4) is 0 Å². The first-order valence-electron chi connectivity index (χ1n) is 9.76. The Balaban J connectivity index is 1.48. The van der Waals surface area contributed by atoms with Crippen molar-refractivity contribution in [1.82, 2.24) is 10.2 Å². The van der Waals surface area contributed by atoms with Crippen LogP contribution in [0.15, 0.2) is 51.4 Å². The van der Waals surface area contributed by atoms with E-state index in [-0.39, 0.29) is 0 Å². The molecule has 2 aromatic carbocycles. The third-order valence-corrected chi connectivity index (χ3v) is 7.75. The van der Waals surface area contributed by atoms with Gasteiger partial charge in [0.2, 0.25) is 0 Å². The SMILES string of the molecule is Clc1cc(CN(C2CCNCC2)C2CC(c3cccc(Br)c3)C2)ccc1Br. The normalized spacial score (nSPS) is 23.4. The maximum absolute atomic E-state index is 6.35. The number of nitrogens with zero attached hydrogens (tertiary/aromatic N) is 1. The summed E-state index contributed by atoms with van der Waals surface area (Å²) in [5.41, 5.74) is 2.78. The molecule has 1 saturated heterocycles. The zero-order valence-electron chi connectivity index (χ0n) is 15.3. The van der Waals surface area contributed by atoms with E-state index >= 15 is 0 Å². The molecule has 1 saturated carbocycles. The molecule has 1 heterocycles. The monoisotopic (exact) mass is 510 g/mol. The molecule has 27 heavy (non-hydrogen) atoms. The average molecular weight is 513 g/mol. The first kappa shape index (κ1) is 19.9. The molecule has 0 bridgehead atoms. The van der Waals surface area contributed by atoms with Crippen LogP contribution in [-0.4, -0.2) is 30.1 Å². The molecule has 2 nitrogen and oxygen atoms in total. The number of benzene rings is 2. The lowest BCUT2D eigenvalue weighted by Crippen LogP contribution is -2.51. The molecule has 0 aromatic heterocycles. The predicted octanol–water partition coefficient (Wildman–Crippen LogP) is 6.37. The second-order valence-corrected chi connectivity index (χ2v) is 9.96. The summed E-state index contributed by atoms with van der Waals surface area (Å²) >= 11 is 13.5. The van der Waals surface area contributed by atoms with Crippen molar-refractivity contribution in [1.29, 1.82) is 0 Å². The summed E-state index contributed by atoms with van der Waals surface area (Å²) in [6, 6.07) is 16.5. The summed E-state index contributed by atoms with van der Waals surface area (Å²) in [5, 5.41) is 4.31. The van der Waals surface area contributed by atoms with E-state index in [0.29, 0.717) is 18.0 Å². The zero-order chi connectivity index (χ0) is 18.8. The molecule has 5 heteroatoms. The summed E-state index contributed by atoms with van der Waals surface area (Å²) in [6.45, 7) is 3.25. The minimum Gasteiger partial charge on any atom is -0.317 e. The van der Waals surface area contributed by atoms with Crippen molar-refractivity contribution in [2.45, 2.75) is 50.2 Å². The van der Waals surface area contributed by atoms with Crippen molar-refractivity contribution in [3.8, 4) is 0 Å². The van der Waals surface area contributed by atoms with Gasteiger partial charge in [-0.05, 0) is 96.0 Å². The van der Waals surface area contributed by atoms with E-state index in [1.807, 2.05) is 0 Å². The smallest absolute Gasteiger partial charge is 0.0551 e. The zero-order valence-corrected chi connectivity index (χ0v) is 19.2. The molecule has 0 unspecified atom stereocenters. The van der Waals surface area contributed by atoms with Gasteiger partial charge in [0.05, 0.1) is 5.02 Å². The van der Waals surface area contributed by atoms with Gasteiger partial charge in [0.15, 0.2) is 0 Å². The number of rotatable bonds is 5. The van der Waals surface area contributed by atoms with E-state index in [1.54, 1.807) is 0 Å². The minimum absolute atomic E-state index is 0.666. The second-order valence-electron chi connectivity index (χ2n) is 7.78. The van der Waals surface area contributed by atoms with Gasteiger partial charge in [-0.2, -0.15) is 0 Å². The van der Waals surface area contributed by atoms with Gasteiger partial charge in [-0.1, -0.05) is 45.7 Å². The highest BCUT2D eigenvalue weighted by Gasteiger charge is 2.37. The van der Waals surface area contributed by atoms with Crippen LogP contribution in [0.1, 0.15) is 42.7 Å². The lowest BCUT2D eigenvalue weighted by molar-refractivity contribution is 0.0435. The summed E-state index contributed by atoms with van der Waals surface area (Å²) < 4.78 is 2.16. The maximum Gasteiger partial charge on any atom is 0.0551 e. The fourth-order valence-electron chi connectivity index (χ4n) is 4.43. The number of nitrogens with one attached hydrogen (secondary N) is 1. The van der Waals surface area contributed by atoms with Gasteiger partial charge in [-0.25, -0.2) is 0 Å². The van der Waals surface area contributed by atoms with E-state index in [2.05, 4.69) is 84.5 Å². The summed E-state index contributed by atoms with van der Waals surface area (Å²) in [7, 11) is 0. The van der Waals surface area contributed by atoms with Gasteiger partial charge in [-0.3, -0.25) is 4.90 Å². The van der Waals surface area contributed by atoms with Crippen molar-refractivity contribution >= 4 is 43.5 Å². The Morgan fingerprint density at radius 3 is 2.48 bits per heavy atom. The Bertz CT molecular complexity index is 786. The number of hydrogen-bond donors (Lipinski definition) is 1. The first-order chi connectivity index (χ1) is 13.1. The van der Waals surface area contributed by atoms with Crippen molar-refractivity contribution in [3.05, 3.63) is 67.6 Å². The van der Waals surface area contributed by atoms with Gasteiger partial charge in [0, 0.05) is 27.6 Å². The standard InChI is InChI=1S/C22H25Br2ClN2/c23-18-3-1-2-16(11-18)17-12-20(13-17)27(19-6-8-26-9-7-19)14-15-4-5-21(24)22(25)10-15/h1-5,10-11,17,19-20,26H,6-9,12-14H2. The molecule has 2 aromatic rings. The van der Waals surface area contributed by atoms with Gasteiger partial charge < -0.3 is 5.32 Å². The largest absolute Gasteiger partial charge is 0.317 e. The number of halogens is 3. The molecule has 0 radical (unpaired) electrons. The van der Waals surface area contributed by atoms with E-state index < -0.39 is 0 Å². The molecule has 4 rings (SSSR count). The number of hydrogen-bond acceptors (Lipinski definition) is 2. The Morgan fingerprint density at radius 1 is 1.00 bits per heavy atom. The highest BCUT2D eigenvalue weighted by atomic mass is 79.9. The fraction of sp³-hybridized carbons (Fsp3) is 0.455. The van der Waals surface area contributed by atoms with E-state index in [4.69, 9.17) is 11.6 Å². The Morgan fingerprint density at radius 2 is 1.78 bits per heavy atom. The van der Waals surface area contributed by atoms with Crippen LogP contribution in [0.2, 0.25) is 5.02 Å². The van der Waals surface area contributed by atoms with Gasteiger partial charge in [0.25, 0.3) is 0 Å². The third-order valence-electron chi connectivity index (χ3n) is 6.03. The molecule has 1 N–H and O–H groups in total. The maximum atomic E-state index is 6.35. The molecule has 0 spiro atoms. The molecule has 0 atom stereocenters. The Hall–Kier alpha value is -0.390. The van der Waals surface area contributed by atoms with Crippen LogP contribution in [0.4, 0.5) is 0 Å². The summed E-state index contributed by atoms with van der Waals surface area (Å²) in [4.78, 5) is 2.76. The quantitative estimate of drug-likeness (QED) is 0.501. The lowest BCUT2D eigenvalue weighted by Gasteiger charge is -2.48. The van der Waals surface area contributed by atoms with Gasteiger partial charge in [0.1, 0.15) is 0 Å². The second kappa shape index (κ2) is 8.96. The molecular formula is C22H25Br2ClN2. The molecule has 1 aliphatic carbocycles. The lowest BCUT2D eigenvalue weighted by atomic mass is 9.74. The van der Waals surface area contributed by atoms with Crippen molar-refractivity contribution in [2.75, 3.05) is 13.1 Å². The minimum atomic E-state index is 0.666. The fourth-order valence-corrected chi connectivity index (χ4v) is 5.30.